The highest BCUT2D eigenvalue weighted by molar-refractivity contribution is 5.81. The molecule has 2 N–H and O–H groups in total. The molecule has 1 heterocycles. The average Bonchev–Trinajstić information content (AvgIpc) is 3.19. The summed E-state index contributed by atoms with van der Waals surface area (Å²) >= 11 is 0. The molecule has 1 unspecified atom stereocenters. The van der Waals surface area contributed by atoms with E-state index >= 15 is 0 Å². The maximum absolute atomic E-state index is 12.8. The second-order valence-corrected chi connectivity index (χ2v) is 9.50. The maximum atomic E-state index is 12.8. The van der Waals surface area contributed by atoms with E-state index < -0.39 is 0 Å². The van der Waals surface area contributed by atoms with Crippen LogP contribution in [0.15, 0.2) is 29.3 Å². The molecule has 166 valence electrons. The third kappa shape index (κ3) is 6.38. The Kier molecular flexibility index (Phi) is 7.62. The van der Waals surface area contributed by atoms with Crippen LogP contribution in [0.25, 0.3) is 0 Å². The number of nitrogens with zero attached hydrogens (tertiary/aromatic N) is 2. The van der Waals surface area contributed by atoms with Gasteiger partial charge in [-0.25, -0.2) is 0 Å². The topological polar surface area (TPSA) is 66.0 Å². The van der Waals surface area contributed by atoms with Gasteiger partial charge in [-0.2, -0.15) is 0 Å². The predicted molar refractivity (Wildman–Crippen MR) is 122 cm³/mol. The molecular formula is C24H38N4O2. The van der Waals surface area contributed by atoms with Crippen LogP contribution in [-0.2, 0) is 11.3 Å². The molecule has 2 fully saturated rings. The number of benzene rings is 1. The minimum Gasteiger partial charge on any atom is -0.488 e. The Labute approximate surface area is 181 Å². The first-order chi connectivity index (χ1) is 14.4. The van der Waals surface area contributed by atoms with Gasteiger partial charge in [0.15, 0.2) is 5.96 Å². The number of para-hydroxylation sites is 1. The molecule has 30 heavy (non-hydrogen) atoms. The summed E-state index contributed by atoms with van der Waals surface area (Å²) in [5, 5.41) is 6.90. The Bertz CT molecular complexity index is 735. The van der Waals surface area contributed by atoms with Gasteiger partial charge in [0.25, 0.3) is 0 Å². The van der Waals surface area contributed by atoms with Gasteiger partial charge in [0.1, 0.15) is 11.4 Å². The molecule has 2 aliphatic rings. The lowest BCUT2D eigenvalue weighted by molar-refractivity contribution is -0.135. The summed E-state index contributed by atoms with van der Waals surface area (Å²) in [6, 6.07) is 8.33. The lowest BCUT2D eigenvalue weighted by Crippen LogP contribution is -2.45. The van der Waals surface area contributed by atoms with Crippen molar-refractivity contribution in [2.45, 2.75) is 77.5 Å². The third-order valence-corrected chi connectivity index (χ3v) is 5.85. The lowest BCUT2D eigenvalue weighted by atomic mass is 9.88. The second kappa shape index (κ2) is 10.2. The smallest absolute Gasteiger partial charge is 0.225 e. The fraction of sp³-hybridized carbons (Fsp3) is 0.667. The van der Waals surface area contributed by atoms with Crippen LogP contribution in [0.2, 0.25) is 0 Å². The van der Waals surface area contributed by atoms with Gasteiger partial charge >= 0.3 is 0 Å². The highest BCUT2D eigenvalue weighted by Gasteiger charge is 2.31. The molecule has 0 bridgehead atoms. The summed E-state index contributed by atoms with van der Waals surface area (Å²) < 4.78 is 6.09. The van der Waals surface area contributed by atoms with Crippen molar-refractivity contribution in [3.63, 3.8) is 0 Å². The van der Waals surface area contributed by atoms with Gasteiger partial charge in [-0.15, -0.1) is 0 Å². The summed E-state index contributed by atoms with van der Waals surface area (Å²) in [4.78, 5) is 19.2. The van der Waals surface area contributed by atoms with E-state index in [9.17, 15) is 4.79 Å². The number of aliphatic imine (C=N–C) groups is 1. The normalized spacial score (nSPS) is 20.9. The first-order valence-corrected chi connectivity index (χ1v) is 11.4. The number of likely N-dealkylation sites (tertiary alicyclic amines) is 1. The van der Waals surface area contributed by atoms with Crippen LogP contribution < -0.4 is 15.4 Å². The fourth-order valence-electron chi connectivity index (χ4n) is 4.33. The zero-order chi connectivity index (χ0) is 21.6. The molecule has 1 aliphatic heterocycles. The van der Waals surface area contributed by atoms with Gasteiger partial charge in [0.2, 0.25) is 5.91 Å². The van der Waals surface area contributed by atoms with Gasteiger partial charge in [-0.1, -0.05) is 37.5 Å². The molecule has 0 spiro atoms. The summed E-state index contributed by atoms with van der Waals surface area (Å²) in [6.07, 6.45) is 6.76. The third-order valence-electron chi connectivity index (χ3n) is 5.85. The molecule has 1 aliphatic carbocycles. The van der Waals surface area contributed by atoms with Crippen LogP contribution in [0.5, 0.6) is 5.75 Å². The number of guanidine groups is 1. The molecule has 3 rings (SSSR count). The SMILES string of the molecule is CN=C(NCc1ccccc1OC(C)(C)C)NC1CCN(C(=O)C2CCCCC2)C1. The standard InChI is InChI=1S/C24H38N4O2/c1-24(2,3)30-21-13-9-8-12-19(21)16-26-23(25-4)27-20-14-15-28(17-20)22(29)18-10-6-5-7-11-18/h8-9,12-13,18,20H,5-7,10-11,14-17H2,1-4H3,(H2,25,26,27). The second-order valence-electron chi connectivity index (χ2n) is 9.50. The molecule has 0 radical (unpaired) electrons. The maximum Gasteiger partial charge on any atom is 0.225 e. The van der Waals surface area contributed by atoms with Crippen molar-refractivity contribution in [2.24, 2.45) is 10.9 Å². The van der Waals surface area contributed by atoms with Gasteiger partial charge in [0, 0.05) is 44.2 Å². The number of carbonyl (C=O) groups excluding carboxylic acids is 1. The zero-order valence-corrected chi connectivity index (χ0v) is 19.0. The number of ether oxygens (including phenoxy) is 1. The van der Waals surface area contributed by atoms with E-state index in [1.54, 1.807) is 7.05 Å². The Morgan fingerprint density at radius 3 is 2.60 bits per heavy atom. The van der Waals surface area contributed by atoms with Gasteiger partial charge in [0.05, 0.1) is 0 Å². The van der Waals surface area contributed by atoms with Gasteiger partial charge < -0.3 is 20.3 Å². The molecule has 1 amide bonds. The number of hydrogen-bond acceptors (Lipinski definition) is 3. The Hall–Kier alpha value is -2.24. The molecule has 0 aromatic heterocycles. The molecule has 1 saturated carbocycles. The largest absolute Gasteiger partial charge is 0.488 e. The van der Waals surface area contributed by atoms with Crippen molar-refractivity contribution in [3.8, 4) is 5.75 Å². The number of carbonyl (C=O) groups is 1. The number of rotatable bonds is 5. The van der Waals surface area contributed by atoms with Crippen molar-refractivity contribution >= 4 is 11.9 Å². The summed E-state index contributed by atoms with van der Waals surface area (Å²) in [7, 11) is 1.78. The van der Waals surface area contributed by atoms with Gasteiger partial charge in [-0.3, -0.25) is 9.79 Å². The lowest BCUT2D eigenvalue weighted by Gasteiger charge is -2.26. The van der Waals surface area contributed by atoms with Crippen LogP contribution in [0, 0.1) is 5.92 Å². The van der Waals surface area contributed by atoms with Crippen molar-refractivity contribution in [1.29, 1.82) is 0 Å². The van der Waals surface area contributed by atoms with Crippen molar-refractivity contribution in [3.05, 3.63) is 29.8 Å². The number of nitrogens with one attached hydrogen (secondary N) is 2. The van der Waals surface area contributed by atoms with Gasteiger partial charge in [-0.05, 0) is 46.1 Å². The monoisotopic (exact) mass is 414 g/mol. The highest BCUT2D eigenvalue weighted by Crippen LogP contribution is 2.27. The predicted octanol–water partition coefficient (Wildman–Crippen LogP) is 3.71. The Morgan fingerprint density at radius 2 is 1.90 bits per heavy atom. The Balaban J connectivity index is 1.50. The highest BCUT2D eigenvalue weighted by atomic mass is 16.5. The van der Waals surface area contributed by atoms with Crippen molar-refractivity contribution in [1.82, 2.24) is 15.5 Å². The van der Waals surface area contributed by atoms with Crippen LogP contribution in [0.4, 0.5) is 0 Å². The number of amides is 1. The van der Waals surface area contributed by atoms with Crippen LogP contribution in [0.3, 0.4) is 0 Å². The molecular weight excluding hydrogens is 376 g/mol. The first-order valence-electron chi connectivity index (χ1n) is 11.4. The van der Waals surface area contributed by atoms with E-state index in [2.05, 4.69) is 42.5 Å². The van der Waals surface area contributed by atoms with Crippen molar-refractivity contribution in [2.75, 3.05) is 20.1 Å². The van der Waals surface area contributed by atoms with E-state index in [1.165, 1.54) is 19.3 Å². The molecule has 6 heteroatoms. The fourth-order valence-corrected chi connectivity index (χ4v) is 4.33. The molecule has 1 aromatic carbocycles. The van der Waals surface area contributed by atoms with E-state index in [4.69, 9.17) is 4.74 Å². The van der Waals surface area contributed by atoms with Crippen LogP contribution in [-0.4, -0.2) is 48.5 Å². The van der Waals surface area contributed by atoms with E-state index in [0.29, 0.717) is 12.5 Å². The zero-order valence-electron chi connectivity index (χ0n) is 19.0. The summed E-state index contributed by atoms with van der Waals surface area (Å²) in [5.74, 6) is 2.25. The molecule has 1 saturated heterocycles. The van der Waals surface area contributed by atoms with Crippen molar-refractivity contribution < 1.29 is 9.53 Å². The van der Waals surface area contributed by atoms with E-state index in [-0.39, 0.29) is 17.6 Å². The van der Waals surface area contributed by atoms with E-state index in [1.807, 2.05) is 23.1 Å². The van der Waals surface area contributed by atoms with Crippen LogP contribution in [0.1, 0.15) is 64.9 Å². The summed E-state index contributed by atoms with van der Waals surface area (Å²) in [5.41, 5.74) is 0.852. The quantitative estimate of drug-likeness (QED) is 0.569. The van der Waals surface area contributed by atoms with E-state index in [0.717, 1.165) is 49.6 Å². The molecule has 6 nitrogen and oxygen atoms in total. The Morgan fingerprint density at radius 1 is 1.17 bits per heavy atom. The molecule has 1 aromatic rings. The minimum absolute atomic E-state index is 0.241. The summed E-state index contributed by atoms with van der Waals surface area (Å²) in [6.45, 7) is 8.39. The first kappa shape index (κ1) is 22.4. The molecule has 1 atom stereocenters. The minimum atomic E-state index is -0.242. The average molecular weight is 415 g/mol. The number of hydrogen-bond donors (Lipinski definition) is 2. The van der Waals surface area contributed by atoms with Crippen LogP contribution >= 0.6 is 0 Å².